The van der Waals surface area contributed by atoms with Crippen LogP contribution in [0.25, 0.3) is 5.70 Å². The smallest absolute Gasteiger partial charge is 0.0369 e. The third-order valence-electron chi connectivity index (χ3n) is 2.66. The summed E-state index contributed by atoms with van der Waals surface area (Å²) < 4.78 is 0. The van der Waals surface area contributed by atoms with Crippen LogP contribution in [0, 0.1) is 6.92 Å². The molecule has 0 bridgehead atoms. The summed E-state index contributed by atoms with van der Waals surface area (Å²) in [7, 11) is 2.08. The van der Waals surface area contributed by atoms with Gasteiger partial charge in [-0.25, -0.2) is 0 Å². The highest BCUT2D eigenvalue weighted by molar-refractivity contribution is 5.64. The summed E-state index contributed by atoms with van der Waals surface area (Å²) in [6.07, 6.45) is 0. The van der Waals surface area contributed by atoms with Crippen molar-refractivity contribution in [3.05, 3.63) is 42.0 Å². The van der Waals surface area contributed by atoms with E-state index in [9.17, 15) is 0 Å². The van der Waals surface area contributed by atoms with Crippen LogP contribution in [-0.2, 0) is 0 Å². The van der Waals surface area contributed by atoms with Crippen molar-refractivity contribution in [2.45, 2.75) is 26.8 Å². The summed E-state index contributed by atoms with van der Waals surface area (Å²) in [5, 5.41) is 0. The first-order valence-corrected chi connectivity index (χ1v) is 5.01. The Morgan fingerprint density at radius 1 is 1.29 bits per heavy atom. The predicted octanol–water partition coefficient (Wildman–Crippen LogP) is 3.31. The fourth-order valence-corrected chi connectivity index (χ4v) is 1.40. The zero-order chi connectivity index (χ0) is 10.7. The van der Waals surface area contributed by atoms with E-state index in [2.05, 4.69) is 63.6 Å². The highest BCUT2D eigenvalue weighted by Crippen LogP contribution is 2.20. The highest BCUT2D eigenvalue weighted by Gasteiger charge is 2.09. The largest absolute Gasteiger partial charge is 0.372 e. The molecule has 0 saturated carbocycles. The minimum atomic E-state index is 0.488. The van der Waals surface area contributed by atoms with Gasteiger partial charge in [-0.1, -0.05) is 30.8 Å². The van der Waals surface area contributed by atoms with E-state index in [1.165, 1.54) is 11.1 Å². The third kappa shape index (κ3) is 2.16. The summed E-state index contributed by atoms with van der Waals surface area (Å²) in [4.78, 5) is 2.20. The van der Waals surface area contributed by atoms with Gasteiger partial charge in [0.2, 0.25) is 0 Å². The molecule has 1 nitrogen and oxygen atoms in total. The van der Waals surface area contributed by atoms with Crippen LogP contribution >= 0.6 is 0 Å². The van der Waals surface area contributed by atoms with Gasteiger partial charge >= 0.3 is 0 Å². The zero-order valence-electron chi connectivity index (χ0n) is 9.54. The van der Waals surface area contributed by atoms with E-state index in [4.69, 9.17) is 0 Å². The molecule has 1 aromatic carbocycles. The molecule has 1 aromatic rings. The standard InChI is InChI=1S/C13H19N/c1-10(2)14(5)12(4)13-9-7-6-8-11(13)3/h6-10H,4H2,1-3,5H3. The summed E-state index contributed by atoms with van der Waals surface area (Å²) >= 11 is 0. The quantitative estimate of drug-likeness (QED) is 0.705. The maximum atomic E-state index is 4.13. The maximum Gasteiger partial charge on any atom is 0.0369 e. The topological polar surface area (TPSA) is 3.24 Å². The van der Waals surface area contributed by atoms with Crippen LogP contribution < -0.4 is 0 Å². The molecule has 0 amide bonds. The van der Waals surface area contributed by atoms with Gasteiger partial charge in [0.05, 0.1) is 0 Å². The number of nitrogens with zero attached hydrogens (tertiary/aromatic N) is 1. The Hall–Kier alpha value is -1.24. The van der Waals surface area contributed by atoms with Gasteiger partial charge in [0.25, 0.3) is 0 Å². The van der Waals surface area contributed by atoms with E-state index in [1.54, 1.807) is 0 Å². The molecule has 0 saturated heterocycles. The van der Waals surface area contributed by atoms with E-state index in [0.29, 0.717) is 6.04 Å². The van der Waals surface area contributed by atoms with Crippen LogP contribution in [0.1, 0.15) is 25.0 Å². The van der Waals surface area contributed by atoms with Crippen LogP contribution in [0.3, 0.4) is 0 Å². The minimum Gasteiger partial charge on any atom is -0.372 e. The fourth-order valence-electron chi connectivity index (χ4n) is 1.40. The van der Waals surface area contributed by atoms with Crippen molar-refractivity contribution in [1.29, 1.82) is 0 Å². The van der Waals surface area contributed by atoms with Gasteiger partial charge in [-0.3, -0.25) is 0 Å². The first-order chi connectivity index (χ1) is 6.54. The van der Waals surface area contributed by atoms with Crippen LogP contribution in [0.4, 0.5) is 0 Å². The number of hydrogen-bond donors (Lipinski definition) is 0. The maximum absolute atomic E-state index is 4.13. The normalized spacial score (nSPS) is 10.4. The molecule has 0 N–H and O–H groups in total. The molecule has 0 fully saturated rings. The number of aryl methyl sites for hydroxylation is 1. The van der Waals surface area contributed by atoms with Gasteiger partial charge in [0.15, 0.2) is 0 Å². The zero-order valence-corrected chi connectivity index (χ0v) is 9.54. The van der Waals surface area contributed by atoms with Crippen molar-refractivity contribution in [3.8, 4) is 0 Å². The summed E-state index contributed by atoms with van der Waals surface area (Å²) in [5.41, 5.74) is 3.62. The Bertz CT molecular complexity index is 326. The van der Waals surface area contributed by atoms with Crippen LogP contribution in [0.2, 0.25) is 0 Å². The van der Waals surface area contributed by atoms with Crippen molar-refractivity contribution < 1.29 is 0 Å². The number of hydrogen-bond acceptors (Lipinski definition) is 1. The SMILES string of the molecule is C=C(c1ccccc1C)N(C)C(C)C. The Morgan fingerprint density at radius 2 is 1.86 bits per heavy atom. The predicted molar refractivity (Wildman–Crippen MR) is 63.1 cm³/mol. The van der Waals surface area contributed by atoms with Gasteiger partial charge in [-0.2, -0.15) is 0 Å². The van der Waals surface area contributed by atoms with Crippen molar-refractivity contribution >= 4 is 5.70 Å². The summed E-state index contributed by atoms with van der Waals surface area (Å²) in [6, 6.07) is 8.84. The molecule has 1 rings (SSSR count). The first kappa shape index (κ1) is 10.8. The molecule has 14 heavy (non-hydrogen) atoms. The van der Waals surface area contributed by atoms with E-state index in [0.717, 1.165) is 5.70 Å². The van der Waals surface area contributed by atoms with Gasteiger partial charge < -0.3 is 4.90 Å². The van der Waals surface area contributed by atoms with Gasteiger partial charge in [-0.05, 0) is 26.3 Å². The van der Waals surface area contributed by atoms with Crippen molar-refractivity contribution in [3.63, 3.8) is 0 Å². The Morgan fingerprint density at radius 3 is 2.36 bits per heavy atom. The first-order valence-electron chi connectivity index (χ1n) is 5.01. The lowest BCUT2D eigenvalue weighted by atomic mass is 10.1. The molecular formula is C13H19N. The van der Waals surface area contributed by atoms with Gasteiger partial charge in [0.1, 0.15) is 0 Å². The molecule has 0 aliphatic carbocycles. The highest BCUT2D eigenvalue weighted by atomic mass is 15.1. The average Bonchev–Trinajstić information content (AvgIpc) is 2.16. The lowest BCUT2D eigenvalue weighted by molar-refractivity contribution is 0.397. The van der Waals surface area contributed by atoms with Crippen LogP contribution in [0.5, 0.6) is 0 Å². The molecule has 0 aromatic heterocycles. The molecular weight excluding hydrogens is 170 g/mol. The van der Waals surface area contributed by atoms with Crippen LogP contribution in [0.15, 0.2) is 30.8 Å². The van der Waals surface area contributed by atoms with E-state index < -0.39 is 0 Å². The third-order valence-corrected chi connectivity index (χ3v) is 2.66. The van der Waals surface area contributed by atoms with Gasteiger partial charge in [0, 0.05) is 24.4 Å². The Balaban J connectivity index is 2.95. The second kappa shape index (κ2) is 4.32. The summed E-state index contributed by atoms with van der Waals surface area (Å²) in [5.74, 6) is 0. The molecule has 0 spiro atoms. The fraction of sp³-hybridized carbons (Fsp3) is 0.385. The molecule has 1 heteroatoms. The monoisotopic (exact) mass is 189 g/mol. The lowest BCUT2D eigenvalue weighted by Crippen LogP contribution is -2.24. The average molecular weight is 189 g/mol. The van der Waals surface area contributed by atoms with E-state index in [1.807, 2.05) is 0 Å². The molecule has 0 heterocycles. The molecule has 0 atom stereocenters. The number of rotatable bonds is 3. The van der Waals surface area contributed by atoms with Crippen molar-refractivity contribution in [2.24, 2.45) is 0 Å². The molecule has 0 radical (unpaired) electrons. The molecule has 0 aliphatic rings. The Kier molecular flexibility index (Phi) is 3.34. The number of benzene rings is 1. The van der Waals surface area contributed by atoms with E-state index in [-0.39, 0.29) is 0 Å². The van der Waals surface area contributed by atoms with E-state index >= 15 is 0 Å². The van der Waals surface area contributed by atoms with Crippen molar-refractivity contribution in [1.82, 2.24) is 4.90 Å². The second-order valence-corrected chi connectivity index (χ2v) is 3.97. The molecule has 76 valence electrons. The molecule has 0 aliphatic heterocycles. The summed E-state index contributed by atoms with van der Waals surface area (Å²) in [6.45, 7) is 10.6. The minimum absolute atomic E-state index is 0.488. The van der Waals surface area contributed by atoms with Crippen molar-refractivity contribution in [2.75, 3.05) is 7.05 Å². The van der Waals surface area contributed by atoms with Gasteiger partial charge in [-0.15, -0.1) is 0 Å². The second-order valence-electron chi connectivity index (χ2n) is 3.97. The Labute approximate surface area is 87.1 Å². The molecule has 0 unspecified atom stereocenters. The van der Waals surface area contributed by atoms with Crippen LogP contribution in [-0.4, -0.2) is 18.0 Å². The lowest BCUT2D eigenvalue weighted by Gasteiger charge is -2.26.